The fraction of sp³-hybridized carbons (Fsp3) is 0.417. The van der Waals surface area contributed by atoms with E-state index in [1.54, 1.807) is 11.8 Å². The average molecular weight is 451 g/mol. The normalized spacial score (nSPS) is 18.8. The number of ether oxygens (including phenoxy) is 1. The van der Waals surface area contributed by atoms with Gasteiger partial charge in [0.15, 0.2) is 5.82 Å². The van der Waals surface area contributed by atoms with Gasteiger partial charge in [0.05, 0.1) is 30.3 Å². The van der Waals surface area contributed by atoms with Crippen molar-refractivity contribution in [1.82, 2.24) is 25.1 Å². The highest BCUT2D eigenvalue weighted by Crippen LogP contribution is 2.44. The van der Waals surface area contributed by atoms with Gasteiger partial charge in [-0.05, 0) is 57.8 Å². The second kappa shape index (κ2) is 8.90. The summed E-state index contributed by atoms with van der Waals surface area (Å²) in [5, 5.41) is 8.01. The number of carbonyl (C=O) groups excluding carboxylic acids is 1. The van der Waals surface area contributed by atoms with Crippen LogP contribution in [0.15, 0.2) is 36.9 Å². The number of piperidine rings is 1. The molecule has 9 heteroatoms. The van der Waals surface area contributed by atoms with Gasteiger partial charge in [-0.3, -0.25) is 9.48 Å². The van der Waals surface area contributed by atoms with Gasteiger partial charge in [0.2, 0.25) is 5.91 Å². The maximum atomic E-state index is 13.4. The van der Waals surface area contributed by atoms with Crippen LogP contribution < -0.4 is 15.0 Å². The molecular weight excluding hydrogens is 423 g/mol. The van der Waals surface area contributed by atoms with E-state index in [4.69, 9.17) is 4.74 Å². The molecule has 5 rings (SSSR count). The number of rotatable bonds is 4. The van der Waals surface area contributed by atoms with Crippen LogP contribution in [0, 0.1) is 5.82 Å². The van der Waals surface area contributed by atoms with Gasteiger partial charge in [-0.25, -0.2) is 14.4 Å². The first-order chi connectivity index (χ1) is 16.0. The topological polar surface area (TPSA) is 85.2 Å². The number of hydrogen-bond acceptors (Lipinski definition) is 6. The highest BCUT2D eigenvalue weighted by Gasteiger charge is 2.30. The number of halogens is 1. The van der Waals surface area contributed by atoms with E-state index in [-0.39, 0.29) is 18.0 Å². The molecule has 4 heterocycles. The Morgan fingerprint density at radius 2 is 1.91 bits per heavy atom. The number of hydrogen-bond donors (Lipinski definition) is 1. The van der Waals surface area contributed by atoms with Crippen molar-refractivity contribution in [2.24, 2.45) is 0 Å². The highest BCUT2D eigenvalue weighted by atomic mass is 19.1. The number of benzene rings is 1. The van der Waals surface area contributed by atoms with E-state index in [0.29, 0.717) is 11.8 Å². The Morgan fingerprint density at radius 3 is 2.64 bits per heavy atom. The zero-order valence-electron chi connectivity index (χ0n) is 18.8. The Bertz CT molecular complexity index is 1160. The molecule has 2 aliphatic rings. The van der Waals surface area contributed by atoms with Crippen LogP contribution in [0.5, 0.6) is 11.8 Å². The molecule has 1 amide bonds. The number of nitrogens with one attached hydrogen (secondary N) is 1. The van der Waals surface area contributed by atoms with Crippen molar-refractivity contribution in [3.8, 4) is 22.9 Å². The van der Waals surface area contributed by atoms with Crippen LogP contribution in [0.1, 0.15) is 44.7 Å². The summed E-state index contributed by atoms with van der Waals surface area (Å²) in [6.07, 6.45) is 9.67. The summed E-state index contributed by atoms with van der Waals surface area (Å²) in [5.74, 6) is 0.0403. The zero-order chi connectivity index (χ0) is 22.9. The monoisotopic (exact) mass is 450 g/mol. The Morgan fingerprint density at radius 1 is 1.15 bits per heavy atom. The minimum Gasteiger partial charge on any atom is -0.423 e. The van der Waals surface area contributed by atoms with Crippen LogP contribution in [-0.2, 0) is 11.2 Å². The lowest BCUT2D eigenvalue weighted by Gasteiger charge is -2.35. The predicted octanol–water partition coefficient (Wildman–Crippen LogP) is 3.88. The Labute approximate surface area is 191 Å². The number of fused-ring (bicyclic) bond motifs is 1. The largest absolute Gasteiger partial charge is 0.423 e. The molecule has 0 spiro atoms. The molecule has 1 aromatic carbocycles. The van der Waals surface area contributed by atoms with Crippen LogP contribution in [0.25, 0.3) is 11.1 Å². The SMILES string of the molecule is CC(=O)N1c2ccc(-c3cnn(C4CCNCC4)c3)c(Oc3ncc(F)cn3)c2CC[C@@H]1C. The van der Waals surface area contributed by atoms with Crippen LogP contribution in [0.3, 0.4) is 0 Å². The maximum Gasteiger partial charge on any atom is 0.322 e. The molecule has 1 saturated heterocycles. The summed E-state index contributed by atoms with van der Waals surface area (Å²) in [6.45, 7) is 5.58. The van der Waals surface area contributed by atoms with Gasteiger partial charge in [-0.15, -0.1) is 0 Å². The fourth-order valence-corrected chi connectivity index (χ4v) is 4.82. The van der Waals surface area contributed by atoms with E-state index < -0.39 is 5.82 Å². The smallest absolute Gasteiger partial charge is 0.322 e. The standard InChI is InChI=1S/C24H27FN6O2/c1-15-3-4-21-22(31(15)16(2)32)6-5-20(23(21)33-24-27-12-18(25)13-28-24)17-11-29-30(14-17)19-7-9-26-10-8-19/h5-6,11-15,19,26H,3-4,7-10H2,1-2H3/t15-/m0/s1. The van der Waals surface area contributed by atoms with Crippen LogP contribution in [-0.4, -0.2) is 44.8 Å². The van der Waals surface area contributed by atoms with Gasteiger partial charge in [0, 0.05) is 35.9 Å². The second-order valence-electron chi connectivity index (χ2n) is 8.69. The van der Waals surface area contributed by atoms with Gasteiger partial charge >= 0.3 is 6.01 Å². The van der Waals surface area contributed by atoms with E-state index in [2.05, 4.69) is 20.4 Å². The van der Waals surface area contributed by atoms with E-state index in [1.165, 1.54) is 0 Å². The molecule has 33 heavy (non-hydrogen) atoms. The van der Waals surface area contributed by atoms with Crippen molar-refractivity contribution in [2.45, 2.75) is 51.6 Å². The first kappa shape index (κ1) is 21.5. The van der Waals surface area contributed by atoms with Gasteiger partial charge < -0.3 is 15.0 Å². The molecule has 0 bridgehead atoms. The number of nitrogens with zero attached hydrogens (tertiary/aromatic N) is 5. The molecule has 3 aromatic rings. The predicted molar refractivity (Wildman–Crippen MR) is 122 cm³/mol. The molecule has 2 aliphatic heterocycles. The number of amides is 1. The lowest BCUT2D eigenvalue weighted by Crippen LogP contribution is -2.40. The highest BCUT2D eigenvalue weighted by molar-refractivity contribution is 5.95. The summed E-state index contributed by atoms with van der Waals surface area (Å²) in [5.41, 5.74) is 3.51. The third-order valence-electron chi connectivity index (χ3n) is 6.47. The Hall–Kier alpha value is -3.33. The number of carbonyl (C=O) groups is 1. The van der Waals surface area contributed by atoms with Crippen molar-refractivity contribution in [3.63, 3.8) is 0 Å². The molecule has 1 atom stereocenters. The fourth-order valence-electron chi connectivity index (χ4n) is 4.82. The molecule has 172 valence electrons. The molecule has 0 aliphatic carbocycles. The minimum atomic E-state index is -0.530. The summed E-state index contributed by atoms with van der Waals surface area (Å²) in [6, 6.07) is 4.44. The lowest BCUT2D eigenvalue weighted by atomic mass is 9.92. The third kappa shape index (κ3) is 4.20. The zero-order valence-corrected chi connectivity index (χ0v) is 18.8. The average Bonchev–Trinajstić information content (AvgIpc) is 3.31. The third-order valence-corrected chi connectivity index (χ3v) is 6.47. The summed E-state index contributed by atoms with van der Waals surface area (Å²) in [4.78, 5) is 22.2. The van der Waals surface area contributed by atoms with E-state index >= 15 is 0 Å². The van der Waals surface area contributed by atoms with Gasteiger partial charge in [-0.1, -0.05) is 0 Å². The van der Waals surface area contributed by atoms with Gasteiger partial charge in [-0.2, -0.15) is 5.10 Å². The van der Waals surface area contributed by atoms with Crippen molar-refractivity contribution >= 4 is 11.6 Å². The van der Waals surface area contributed by atoms with Crippen molar-refractivity contribution < 1.29 is 13.9 Å². The van der Waals surface area contributed by atoms with Crippen molar-refractivity contribution in [3.05, 3.63) is 48.3 Å². The maximum absolute atomic E-state index is 13.4. The Balaban J connectivity index is 1.59. The van der Waals surface area contributed by atoms with Crippen LogP contribution in [0.2, 0.25) is 0 Å². The lowest BCUT2D eigenvalue weighted by molar-refractivity contribution is -0.117. The molecule has 1 N–H and O–H groups in total. The first-order valence-electron chi connectivity index (χ1n) is 11.4. The van der Waals surface area contributed by atoms with Crippen LogP contribution in [0.4, 0.5) is 10.1 Å². The van der Waals surface area contributed by atoms with Crippen LogP contribution >= 0.6 is 0 Å². The quantitative estimate of drug-likeness (QED) is 0.649. The summed E-state index contributed by atoms with van der Waals surface area (Å²) in [7, 11) is 0. The molecule has 0 saturated carbocycles. The number of anilines is 1. The van der Waals surface area contributed by atoms with Gasteiger partial charge in [0.1, 0.15) is 5.75 Å². The molecule has 8 nitrogen and oxygen atoms in total. The molecule has 1 fully saturated rings. The molecular formula is C24H27FN6O2. The number of aromatic nitrogens is 4. The molecule has 0 radical (unpaired) electrons. The first-order valence-corrected chi connectivity index (χ1v) is 11.4. The molecule has 0 unspecified atom stereocenters. The van der Waals surface area contributed by atoms with E-state index in [0.717, 1.165) is 73.5 Å². The van der Waals surface area contributed by atoms with Crippen molar-refractivity contribution in [1.29, 1.82) is 0 Å². The summed E-state index contributed by atoms with van der Waals surface area (Å²) < 4.78 is 21.6. The van der Waals surface area contributed by atoms with E-state index in [1.807, 2.05) is 36.1 Å². The van der Waals surface area contributed by atoms with Crippen molar-refractivity contribution in [2.75, 3.05) is 18.0 Å². The minimum absolute atomic E-state index is 0.0149. The van der Waals surface area contributed by atoms with Gasteiger partial charge in [0.25, 0.3) is 0 Å². The molecule has 2 aromatic heterocycles. The summed E-state index contributed by atoms with van der Waals surface area (Å²) >= 11 is 0. The van der Waals surface area contributed by atoms with E-state index in [9.17, 15) is 9.18 Å². The Kier molecular flexibility index (Phi) is 5.80. The second-order valence-corrected chi connectivity index (χ2v) is 8.69.